The van der Waals surface area contributed by atoms with Crippen LogP contribution in [0.3, 0.4) is 0 Å². The third-order valence-corrected chi connectivity index (χ3v) is 10.2. The lowest BCUT2D eigenvalue weighted by atomic mass is 9.97. The lowest BCUT2D eigenvalue weighted by Crippen LogP contribution is -2.25. The van der Waals surface area contributed by atoms with Gasteiger partial charge in [0, 0.05) is 28.2 Å². The van der Waals surface area contributed by atoms with Gasteiger partial charge in [-0.1, -0.05) is 12.1 Å². The van der Waals surface area contributed by atoms with Crippen LogP contribution in [-0.4, -0.2) is 75.4 Å². The second kappa shape index (κ2) is 17.6. The molecule has 0 spiro atoms. The van der Waals surface area contributed by atoms with Gasteiger partial charge in [0.1, 0.15) is 29.4 Å². The van der Waals surface area contributed by atoms with Crippen molar-refractivity contribution in [3.63, 3.8) is 0 Å². The number of methoxy groups -OCH3 is 2. The van der Waals surface area contributed by atoms with E-state index in [1.807, 2.05) is 26.0 Å². The van der Waals surface area contributed by atoms with Crippen molar-refractivity contribution in [1.82, 2.24) is 9.80 Å². The van der Waals surface area contributed by atoms with Crippen molar-refractivity contribution < 1.29 is 23.7 Å². The Morgan fingerprint density at radius 2 is 1.58 bits per heavy atom. The fourth-order valence-electron chi connectivity index (χ4n) is 6.66. The second-order valence-corrected chi connectivity index (χ2v) is 13.7. The first-order valence-corrected chi connectivity index (χ1v) is 17.4. The largest absolute Gasteiger partial charge is 0.496 e. The maximum atomic E-state index is 13.0. The van der Waals surface area contributed by atoms with Crippen LogP contribution < -0.4 is 14.2 Å². The highest BCUT2D eigenvalue weighted by Gasteiger charge is 2.21. The van der Waals surface area contributed by atoms with E-state index in [1.54, 1.807) is 18.4 Å². The summed E-state index contributed by atoms with van der Waals surface area (Å²) in [5, 5.41) is 1.18. The van der Waals surface area contributed by atoms with Crippen molar-refractivity contribution in [3.05, 3.63) is 76.9 Å². The van der Waals surface area contributed by atoms with Crippen LogP contribution in [0.1, 0.15) is 66.6 Å². The summed E-state index contributed by atoms with van der Waals surface area (Å²) in [6.07, 6.45) is 5.81. The maximum Gasteiger partial charge on any atom is 0.341 e. The van der Waals surface area contributed by atoms with Crippen LogP contribution in [0, 0.1) is 0 Å². The minimum absolute atomic E-state index is 0. The van der Waals surface area contributed by atoms with Crippen LogP contribution >= 0.6 is 36.2 Å². The molecule has 3 aromatic carbocycles. The number of ether oxygens (including phenoxy) is 4. The van der Waals surface area contributed by atoms with E-state index in [9.17, 15) is 4.79 Å². The minimum Gasteiger partial charge on any atom is -0.496 e. The van der Waals surface area contributed by atoms with E-state index in [-0.39, 0.29) is 30.9 Å². The third kappa shape index (κ3) is 8.96. The van der Waals surface area contributed by atoms with Gasteiger partial charge in [0.05, 0.1) is 20.3 Å². The number of halogens is 2. The summed E-state index contributed by atoms with van der Waals surface area (Å²) >= 11 is 1.72. The van der Waals surface area contributed by atoms with E-state index < -0.39 is 5.97 Å². The van der Waals surface area contributed by atoms with Gasteiger partial charge in [-0.25, -0.2) is 4.79 Å². The molecule has 48 heavy (non-hydrogen) atoms. The van der Waals surface area contributed by atoms with Gasteiger partial charge in [-0.2, -0.15) is 0 Å². The molecule has 260 valence electrons. The Morgan fingerprint density at radius 1 is 0.854 bits per heavy atom. The fraction of sp³-hybridized carbons (Fsp3) is 0.447. The molecule has 4 aromatic rings. The molecule has 0 saturated carbocycles. The number of carbonyl (C=O) groups excluding carboxylic acids is 1. The molecule has 3 heterocycles. The molecule has 2 saturated heterocycles. The van der Waals surface area contributed by atoms with Crippen molar-refractivity contribution in [1.29, 1.82) is 0 Å². The Hall–Kier alpha value is -3.01. The van der Waals surface area contributed by atoms with Crippen LogP contribution in [0.15, 0.2) is 54.6 Å². The van der Waals surface area contributed by atoms with Gasteiger partial charge in [0.25, 0.3) is 0 Å². The molecule has 7 nitrogen and oxygen atoms in total. The average Bonchev–Trinajstić information content (AvgIpc) is 3.84. The van der Waals surface area contributed by atoms with Gasteiger partial charge in [-0.05, 0) is 137 Å². The zero-order chi connectivity index (χ0) is 32.0. The standard InChI is InChI=1S/C38H46N2O5S.2ClH/c1-26(2)45-30-12-13-31-32(21-27-9-10-29(35(22-27)42-3)25-40-17-7-8-18-40)37(46-36(31)24-30)28-11-14-34(33(23-28)38(41)43-4)44-20-19-39-15-5-6-16-39;;/h9-14,22-24,26H,5-8,15-21,25H2,1-4H3;2*1H. The molecular weight excluding hydrogens is 667 g/mol. The molecule has 6 rings (SSSR count). The third-order valence-electron chi connectivity index (χ3n) is 8.97. The topological polar surface area (TPSA) is 60.5 Å². The summed E-state index contributed by atoms with van der Waals surface area (Å²) in [5.74, 6) is 1.95. The molecule has 0 aliphatic carbocycles. The predicted octanol–water partition coefficient (Wildman–Crippen LogP) is 8.66. The smallest absolute Gasteiger partial charge is 0.341 e. The number of carbonyl (C=O) groups is 1. The lowest BCUT2D eigenvalue weighted by molar-refractivity contribution is 0.0595. The van der Waals surface area contributed by atoms with Crippen molar-refractivity contribution in [2.75, 3.05) is 53.6 Å². The molecule has 1 aromatic heterocycles. The van der Waals surface area contributed by atoms with Gasteiger partial charge in [-0.15, -0.1) is 36.2 Å². The molecule has 2 fully saturated rings. The highest BCUT2D eigenvalue weighted by Crippen LogP contribution is 2.43. The van der Waals surface area contributed by atoms with E-state index in [4.69, 9.17) is 18.9 Å². The Labute approximate surface area is 301 Å². The van der Waals surface area contributed by atoms with Crippen LogP contribution in [0.5, 0.6) is 17.2 Å². The summed E-state index contributed by atoms with van der Waals surface area (Å²) < 4.78 is 24.5. The predicted molar refractivity (Wildman–Crippen MR) is 200 cm³/mol. The summed E-state index contributed by atoms with van der Waals surface area (Å²) in [6.45, 7) is 10.9. The molecule has 10 heteroatoms. The number of hydrogen-bond donors (Lipinski definition) is 0. The van der Waals surface area contributed by atoms with Gasteiger partial charge in [0.2, 0.25) is 0 Å². The zero-order valence-electron chi connectivity index (χ0n) is 28.4. The van der Waals surface area contributed by atoms with Crippen molar-refractivity contribution >= 4 is 52.2 Å². The van der Waals surface area contributed by atoms with Crippen molar-refractivity contribution in [2.24, 2.45) is 0 Å². The van der Waals surface area contributed by atoms with Gasteiger partial charge >= 0.3 is 5.97 Å². The highest BCUT2D eigenvalue weighted by molar-refractivity contribution is 7.22. The van der Waals surface area contributed by atoms with Gasteiger partial charge in [-0.3, -0.25) is 9.80 Å². The van der Waals surface area contributed by atoms with E-state index in [1.165, 1.54) is 54.9 Å². The maximum absolute atomic E-state index is 13.0. The fourth-order valence-corrected chi connectivity index (χ4v) is 7.90. The van der Waals surface area contributed by atoms with Crippen molar-refractivity contribution in [3.8, 4) is 27.7 Å². The molecule has 0 N–H and O–H groups in total. The summed E-state index contributed by atoms with van der Waals surface area (Å²) in [5.41, 5.74) is 5.03. The van der Waals surface area contributed by atoms with Gasteiger partial charge < -0.3 is 18.9 Å². The quantitative estimate of drug-likeness (QED) is 0.129. The number of hydrogen-bond acceptors (Lipinski definition) is 8. The number of fused-ring (bicyclic) bond motifs is 1. The Balaban J connectivity index is 0.00000260. The summed E-state index contributed by atoms with van der Waals surface area (Å²) in [7, 11) is 3.18. The molecule has 0 amide bonds. The molecular formula is C38H48Cl2N2O5S. The van der Waals surface area contributed by atoms with Crippen LogP contribution in [0.25, 0.3) is 20.5 Å². The minimum atomic E-state index is -0.397. The van der Waals surface area contributed by atoms with E-state index >= 15 is 0 Å². The van der Waals surface area contributed by atoms with E-state index in [2.05, 4.69) is 52.3 Å². The molecule has 0 unspecified atom stereocenters. The number of likely N-dealkylation sites (tertiary alicyclic amines) is 2. The molecule has 2 aliphatic rings. The van der Waals surface area contributed by atoms with Crippen molar-refractivity contribution in [2.45, 2.75) is 58.6 Å². The molecule has 0 radical (unpaired) electrons. The van der Waals surface area contributed by atoms with Crippen LogP contribution in [0.2, 0.25) is 0 Å². The monoisotopic (exact) mass is 714 g/mol. The number of benzene rings is 3. The first-order chi connectivity index (χ1) is 22.4. The summed E-state index contributed by atoms with van der Waals surface area (Å²) in [4.78, 5) is 19.0. The first kappa shape index (κ1) is 37.8. The Morgan fingerprint density at radius 3 is 2.27 bits per heavy atom. The number of rotatable bonds is 13. The molecule has 0 bridgehead atoms. The van der Waals surface area contributed by atoms with E-state index in [0.29, 0.717) is 17.9 Å². The molecule has 0 atom stereocenters. The van der Waals surface area contributed by atoms with Gasteiger partial charge in [0.15, 0.2) is 0 Å². The number of thiophene rings is 1. The normalized spacial score (nSPS) is 14.9. The SMILES string of the molecule is COC(=O)c1cc(-c2sc3cc(OC(C)C)ccc3c2Cc2ccc(CN3CCCC3)c(OC)c2)ccc1OCCN1CCCC1.Cl.Cl. The molecule has 2 aliphatic heterocycles. The zero-order valence-corrected chi connectivity index (χ0v) is 30.9. The number of nitrogens with zero attached hydrogens (tertiary/aromatic N) is 2. The highest BCUT2D eigenvalue weighted by atomic mass is 35.5. The Bertz CT molecular complexity index is 1660. The summed E-state index contributed by atoms with van der Waals surface area (Å²) in [6, 6.07) is 18.9. The number of esters is 1. The average molecular weight is 716 g/mol. The van der Waals surface area contributed by atoms with Crippen LogP contribution in [-0.2, 0) is 17.7 Å². The lowest BCUT2D eigenvalue weighted by Gasteiger charge is -2.18. The van der Waals surface area contributed by atoms with Crippen LogP contribution in [0.4, 0.5) is 0 Å². The Kier molecular flexibility index (Phi) is 13.9. The first-order valence-electron chi connectivity index (χ1n) is 16.6. The second-order valence-electron chi connectivity index (χ2n) is 12.6. The van der Waals surface area contributed by atoms with E-state index in [0.717, 1.165) is 72.3 Å².